The van der Waals surface area contributed by atoms with Crippen LogP contribution < -0.4 is 20.9 Å². The summed E-state index contributed by atoms with van der Waals surface area (Å²) in [6.45, 7) is 6.40. The Morgan fingerprint density at radius 3 is 2.87 bits per heavy atom. The molecule has 6 heteroatoms. The second-order valence-electron chi connectivity index (χ2n) is 6.90. The van der Waals surface area contributed by atoms with Crippen molar-refractivity contribution in [2.45, 2.75) is 32.7 Å². The fraction of sp³-hybridized carbons (Fsp3) is 0.529. The molecule has 0 saturated carbocycles. The van der Waals surface area contributed by atoms with Gasteiger partial charge in [-0.15, -0.1) is 0 Å². The van der Waals surface area contributed by atoms with Crippen LogP contribution in [0.4, 0.5) is 16.2 Å². The Kier molecular flexibility index (Phi) is 4.26. The maximum Gasteiger partial charge on any atom is 0.321 e. The zero-order valence-electron chi connectivity index (χ0n) is 13.7. The van der Waals surface area contributed by atoms with Gasteiger partial charge in [0.1, 0.15) is 0 Å². The smallest absolute Gasteiger partial charge is 0.321 e. The highest BCUT2D eigenvalue weighted by molar-refractivity contribution is 5.98. The Hall–Kier alpha value is -2.08. The number of nitrogens with zero attached hydrogens (tertiary/aromatic N) is 1. The average Bonchev–Trinajstić information content (AvgIpc) is 2.93. The third kappa shape index (κ3) is 3.32. The number of carbonyl (C=O) groups is 2. The number of amides is 3. The van der Waals surface area contributed by atoms with Gasteiger partial charge in [0.2, 0.25) is 5.91 Å². The van der Waals surface area contributed by atoms with Gasteiger partial charge in [0.05, 0.1) is 6.04 Å². The van der Waals surface area contributed by atoms with E-state index < -0.39 is 0 Å². The van der Waals surface area contributed by atoms with Gasteiger partial charge in [0, 0.05) is 24.5 Å². The van der Waals surface area contributed by atoms with Crippen molar-refractivity contribution < 1.29 is 9.59 Å². The van der Waals surface area contributed by atoms with E-state index in [2.05, 4.69) is 29.8 Å². The molecule has 0 spiro atoms. The SMILES string of the molecule is CC1(C)CCCNC1C(=O)Nc1cccc(N2CCNC2=O)c1. The number of hydrogen-bond acceptors (Lipinski definition) is 3. The maximum atomic E-state index is 12.6. The largest absolute Gasteiger partial charge is 0.336 e. The first-order valence-corrected chi connectivity index (χ1v) is 8.17. The minimum atomic E-state index is -0.199. The molecule has 3 rings (SSSR count). The van der Waals surface area contributed by atoms with Crippen molar-refractivity contribution in [2.75, 3.05) is 29.9 Å². The number of benzene rings is 1. The standard InChI is InChI=1S/C17H24N4O2/c1-17(2)7-4-8-18-14(17)15(22)20-12-5-3-6-13(11-12)21-10-9-19-16(21)23/h3,5-6,11,14,18H,4,7-10H2,1-2H3,(H,19,23)(H,20,22). The lowest BCUT2D eigenvalue weighted by atomic mass is 9.77. The van der Waals surface area contributed by atoms with Crippen molar-refractivity contribution in [1.29, 1.82) is 0 Å². The van der Waals surface area contributed by atoms with E-state index in [-0.39, 0.29) is 23.4 Å². The molecule has 2 aliphatic rings. The predicted octanol–water partition coefficient (Wildman–Crippen LogP) is 1.93. The fourth-order valence-electron chi connectivity index (χ4n) is 3.34. The number of piperidine rings is 1. The fourth-order valence-corrected chi connectivity index (χ4v) is 3.34. The zero-order valence-corrected chi connectivity index (χ0v) is 13.7. The highest BCUT2D eigenvalue weighted by atomic mass is 16.2. The Bertz CT molecular complexity index is 614. The second-order valence-corrected chi connectivity index (χ2v) is 6.90. The Morgan fingerprint density at radius 2 is 2.17 bits per heavy atom. The summed E-state index contributed by atoms with van der Waals surface area (Å²) in [5.41, 5.74) is 1.46. The molecular weight excluding hydrogens is 292 g/mol. The van der Waals surface area contributed by atoms with Gasteiger partial charge in [-0.1, -0.05) is 19.9 Å². The molecule has 3 amide bonds. The first-order valence-electron chi connectivity index (χ1n) is 8.17. The van der Waals surface area contributed by atoms with Crippen LogP contribution in [-0.2, 0) is 4.79 Å². The van der Waals surface area contributed by atoms with E-state index in [4.69, 9.17) is 0 Å². The molecule has 0 bridgehead atoms. The zero-order chi connectivity index (χ0) is 16.4. The van der Waals surface area contributed by atoms with Gasteiger partial charge < -0.3 is 16.0 Å². The first kappa shape index (κ1) is 15.8. The molecule has 0 aliphatic carbocycles. The summed E-state index contributed by atoms with van der Waals surface area (Å²) in [4.78, 5) is 26.1. The van der Waals surface area contributed by atoms with E-state index in [0.717, 1.165) is 30.8 Å². The highest BCUT2D eigenvalue weighted by Gasteiger charge is 2.37. The van der Waals surface area contributed by atoms with Crippen LogP contribution in [0.5, 0.6) is 0 Å². The van der Waals surface area contributed by atoms with Crippen LogP contribution in [0.15, 0.2) is 24.3 Å². The number of nitrogens with one attached hydrogen (secondary N) is 3. The summed E-state index contributed by atoms with van der Waals surface area (Å²) in [6.07, 6.45) is 2.13. The van der Waals surface area contributed by atoms with Crippen molar-refractivity contribution >= 4 is 23.3 Å². The van der Waals surface area contributed by atoms with E-state index in [1.54, 1.807) is 4.90 Å². The van der Waals surface area contributed by atoms with Gasteiger partial charge in [-0.25, -0.2) is 4.79 Å². The molecule has 2 saturated heterocycles. The molecule has 2 fully saturated rings. The number of hydrogen-bond donors (Lipinski definition) is 3. The Morgan fingerprint density at radius 1 is 1.35 bits per heavy atom. The maximum absolute atomic E-state index is 12.6. The Labute approximate surface area is 136 Å². The summed E-state index contributed by atoms with van der Waals surface area (Å²) in [5, 5.41) is 9.09. The summed E-state index contributed by atoms with van der Waals surface area (Å²) in [6, 6.07) is 7.14. The van der Waals surface area contributed by atoms with Crippen molar-refractivity contribution in [1.82, 2.24) is 10.6 Å². The van der Waals surface area contributed by atoms with E-state index in [9.17, 15) is 9.59 Å². The van der Waals surface area contributed by atoms with Gasteiger partial charge in [-0.2, -0.15) is 0 Å². The predicted molar refractivity (Wildman–Crippen MR) is 90.6 cm³/mol. The van der Waals surface area contributed by atoms with Gasteiger partial charge in [-0.05, 0) is 43.0 Å². The number of urea groups is 1. The van der Waals surface area contributed by atoms with Crippen molar-refractivity contribution in [3.63, 3.8) is 0 Å². The number of anilines is 2. The lowest BCUT2D eigenvalue weighted by molar-refractivity contribution is -0.121. The number of rotatable bonds is 3. The highest BCUT2D eigenvalue weighted by Crippen LogP contribution is 2.31. The summed E-state index contributed by atoms with van der Waals surface area (Å²) < 4.78 is 0. The molecule has 1 atom stereocenters. The molecule has 2 aliphatic heterocycles. The molecule has 3 N–H and O–H groups in total. The lowest BCUT2D eigenvalue weighted by Crippen LogP contribution is -2.53. The van der Waals surface area contributed by atoms with Gasteiger partial charge in [-0.3, -0.25) is 9.69 Å². The molecule has 124 valence electrons. The minimum absolute atomic E-state index is 0.0160. The molecule has 1 unspecified atom stereocenters. The first-order chi connectivity index (χ1) is 11.0. The molecule has 23 heavy (non-hydrogen) atoms. The van der Waals surface area contributed by atoms with E-state index in [1.165, 1.54) is 0 Å². The van der Waals surface area contributed by atoms with Crippen LogP contribution in [0.3, 0.4) is 0 Å². The lowest BCUT2D eigenvalue weighted by Gasteiger charge is -2.38. The molecule has 0 radical (unpaired) electrons. The molecule has 2 heterocycles. The van der Waals surface area contributed by atoms with Crippen molar-refractivity contribution in [2.24, 2.45) is 5.41 Å². The second kappa shape index (κ2) is 6.20. The van der Waals surface area contributed by atoms with Crippen molar-refractivity contribution in [3.05, 3.63) is 24.3 Å². The number of carbonyl (C=O) groups excluding carboxylic acids is 2. The van der Waals surface area contributed by atoms with Crippen LogP contribution in [0.1, 0.15) is 26.7 Å². The van der Waals surface area contributed by atoms with E-state index in [1.807, 2.05) is 24.3 Å². The molecule has 1 aromatic carbocycles. The van der Waals surface area contributed by atoms with Crippen LogP contribution in [0.25, 0.3) is 0 Å². The third-order valence-electron chi connectivity index (χ3n) is 4.67. The normalized spacial score (nSPS) is 23.5. The molecule has 0 aromatic heterocycles. The van der Waals surface area contributed by atoms with Gasteiger partial charge in [0.25, 0.3) is 0 Å². The van der Waals surface area contributed by atoms with E-state index in [0.29, 0.717) is 13.1 Å². The summed E-state index contributed by atoms with van der Waals surface area (Å²) in [7, 11) is 0. The average molecular weight is 316 g/mol. The molecule has 6 nitrogen and oxygen atoms in total. The molecular formula is C17H24N4O2. The molecule has 1 aromatic rings. The third-order valence-corrected chi connectivity index (χ3v) is 4.67. The quantitative estimate of drug-likeness (QED) is 0.798. The topological polar surface area (TPSA) is 73.5 Å². The van der Waals surface area contributed by atoms with Crippen LogP contribution in [-0.4, -0.2) is 37.6 Å². The van der Waals surface area contributed by atoms with Crippen LogP contribution in [0.2, 0.25) is 0 Å². The van der Waals surface area contributed by atoms with Crippen LogP contribution >= 0.6 is 0 Å². The van der Waals surface area contributed by atoms with Gasteiger partial charge >= 0.3 is 6.03 Å². The Balaban J connectivity index is 1.72. The minimum Gasteiger partial charge on any atom is -0.336 e. The monoisotopic (exact) mass is 316 g/mol. The van der Waals surface area contributed by atoms with Gasteiger partial charge in [0.15, 0.2) is 0 Å². The van der Waals surface area contributed by atoms with Crippen LogP contribution in [0, 0.1) is 5.41 Å². The summed E-state index contributed by atoms with van der Waals surface area (Å²) in [5.74, 6) is -0.0160. The summed E-state index contributed by atoms with van der Waals surface area (Å²) >= 11 is 0. The van der Waals surface area contributed by atoms with E-state index >= 15 is 0 Å². The van der Waals surface area contributed by atoms with Crippen molar-refractivity contribution in [3.8, 4) is 0 Å².